The lowest BCUT2D eigenvalue weighted by atomic mass is 9.50. The number of hydrogen-bond donors (Lipinski definition) is 1. The SMILES string of the molecule is CC(C)(O)[C@@H]1CC[C@@]2(C)C(=O)CC[C@]3(C)O[S@@](=O)OC1C23. The number of aliphatic hydroxyl groups is 1. The smallest absolute Gasteiger partial charge is 0.305 e. The molecule has 120 valence electrons. The Kier molecular flexibility index (Phi) is 3.41. The summed E-state index contributed by atoms with van der Waals surface area (Å²) in [6.07, 6.45) is 2.03. The number of carbonyl (C=O) groups is 1. The van der Waals surface area contributed by atoms with Gasteiger partial charge in [0.15, 0.2) is 0 Å². The molecule has 0 aromatic heterocycles. The van der Waals surface area contributed by atoms with Crippen molar-refractivity contribution in [3.8, 4) is 0 Å². The van der Waals surface area contributed by atoms with Crippen molar-refractivity contribution in [1.82, 2.24) is 0 Å². The third-order valence-corrected chi connectivity index (χ3v) is 6.78. The first kappa shape index (κ1) is 15.6. The number of hydrogen-bond acceptors (Lipinski definition) is 5. The lowest BCUT2D eigenvalue weighted by molar-refractivity contribution is -0.206. The molecule has 0 spiro atoms. The van der Waals surface area contributed by atoms with Crippen LogP contribution in [0.4, 0.5) is 0 Å². The van der Waals surface area contributed by atoms with Crippen LogP contribution in [-0.2, 0) is 24.5 Å². The molecule has 2 aliphatic carbocycles. The van der Waals surface area contributed by atoms with Crippen molar-refractivity contribution < 1.29 is 22.5 Å². The van der Waals surface area contributed by atoms with Crippen LogP contribution in [0.1, 0.15) is 53.4 Å². The van der Waals surface area contributed by atoms with E-state index in [1.54, 1.807) is 13.8 Å². The molecule has 1 heterocycles. The molecule has 0 aromatic carbocycles. The molecule has 0 bridgehead atoms. The van der Waals surface area contributed by atoms with Crippen LogP contribution in [-0.4, -0.2) is 32.4 Å². The Morgan fingerprint density at radius 3 is 2.62 bits per heavy atom. The first-order valence-electron chi connectivity index (χ1n) is 7.62. The highest BCUT2D eigenvalue weighted by Gasteiger charge is 2.65. The van der Waals surface area contributed by atoms with E-state index in [9.17, 15) is 14.1 Å². The highest BCUT2D eigenvalue weighted by molar-refractivity contribution is 7.75. The maximum absolute atomic E-state index is 12.5. The molecule has 3 fully saturated rings. The Bertz CT molecular complexity index is 499. The normalized spacial score (nSPS) is 50.6. The second-order valence-electron chi connectivity index (χ2n) is 7.78. The summed E-state index contributed by atoms with van der Waals surface area (Å²) in [5, 5.41) is 10.5. The van der Waals surface area contributed by atoms with Gasteiger partial charge in [-0.15, -0.1) is 0 Å². The first-order valence-corrected chi connectivity index (χ1v) is 8.62. The molecule has 21 heavy (non-hydrogen) atoms. The van der Waals surface area contributed by atoms with Crippen molar-refractivity contribution in [2.75, 3.05) is 0 Å². The van der Waals surface area contributed by atoms with Crippen LogP contribution in [0.5, 0.6) is 0 Å². The Labute approximate surface area is 128 Å². The summed E-state index contributed by atoms with van der Waals surface area (Å²) in [5.74, 6) is -0.0631. The van der Waals surface area contributed by atoms with Gasteiger partial charge >= 0.3 is 11.4 Å². The largest absolute Gasteiger partial charge is 0.390 e. The van der Waals surface area contributed by atoms with Crippen LogP contribution in [0.3, 0.4) is 0 Å². The average Bonchev–Trinajstić information content (AvgIpc) is 2.32. The lowest BCUT2D eigenvalue weighted by Gasteiger charge is -2.60. The quantitative estimate of drug-likeness (QED) is 0.800. The summed E-state index contributed by atoms with van der Waals surface area (Å²) in [6.45, 7) is 7.42. The molecule has 3 aliphatic rings. The maximum atomic E-state index is 12.5. The highest BCUT2D eigenvalue weighted by Crippen LogP contribution is 2.59. The monoisotopic (exact) mass is 316 g/mol. The highest BCUT2D eigenvalue weighted by atomic mass is 32.2. The average molecular weight is 316 g/mol. The zero-order valence-electron chi connectivity index (χ0n) is 13.0. The minimum atomic E-state index is -1.82. The summed E-state index contributed by atoms with van der Waals surface area (Å²) in [5.41, 5.74) is -2.07. The van der Waals surface area contributed by atoms with Crippen LogP contribution in [0.25, 0.3) is 0 Å². The maximum Gasteiger partial charge on any atom is 0.305 e. The van der Waals surface area contributed by atoms with Crippen LogP contribution in [0.15, 0.2) is 0 Å². The molecule has 3 rings (SSSR count). The standard InChI is InChI=1S/C15H24O5S/c1-13(2,17)9-5-7-14(3)10(16)6-8-15(4)12(14)11(9)19-21(18)20-15/h9,11-12,17H,5-8H2,1-4H3/t9-,11?,12?,14+,15+,21+/m1/s1. The second-order valence-corrected chi connectivity index (χ2v) is 8.55. The van der Waals surface area contributed by atoms with Crippen LogP contribution in [0, 0.1) is 17.3 Å². The van der Waals surface area contributed by atoms with Crippen LogP contribution in [0.2, 0.25) is 0 Å². The predicted molar refractivity (Wildman–Crippen MR) is 77.4 cm³/mol. The Hall–Kier alpha value is -0.300. The first-order chi connectivity index (χ1) is 9.58. The molecule has 6 heteroatoms. The molecule has 5 nitrogen and oxygen atoms in total. The number of ketones is 1. The fourth-order valence-corrected chi connectivity index (χ4v) is 5.71. The summed E-state index contributed by atoms with van der Waals surface area (Å²) < 4.78 is 23.2. The molecular weight excluding hydrogens is 292 g/mol. The van der Waals surface area contributed by atoms with Crippen molar-refractivity contribution >= 4 is 17.1 Å². The molecule has 2 unspecified atom stereocenters. The van der Waals surface area contributed by atoms with E-state index in [4.69, 9.17) is 8.37 Å². The van der Waals surface area contributed by atoms with Gasteiger partial charge in [0.05, 0.1) is 17.3 Å². The van der Waals surface area contributed by atoms with Gasteiger partial charge in [-0.1, -0.05) is 6.92 Å². The predicted octanol–water partition coefficient (Wildman–Crippen LogP) is 1.91. The lowest BCUT2D eigenvalue weighted by Crippen LogP contribution is -2.67. The van der Waals surface area contributed by atoms with Gasteiger partial charge in [-0.3, -0.25) is 13.2 Å². The van der Waals surface area contributed by atoms with E-state index in [-0.39, 0.29) is 17.6 Å². The van der Waals surface area contributed by atoms with E-state index in [2.05, 4.69) is 0 Å². The van der Waals surface area contributed by atoms with Crippen molar-refractivity contribution in [2.24, 2.45) is 17.3 Å². The van der Waals surface area contributed by atoms with E-state index in [0.717, 1.165) is 6.42 Å². The third-order valence-electron chi connectivity index (χ3n) is 5.89. The zero-order valence-corrected chi connectivity index (χ0v) is 13.9. The van der Waals surface area contributed by atoms with Crippen molar-refractivity contribution in [1.29, 1.82) is 0 Å². The summed E-state index contributed by atoms with van der Waals surface area (Å²) in [6, 6.07) is 0. The third kappa shape index (κ3) is 2.22. The molecule has 6 atom stereocenters. The molecule has 1 saturated heterocycles. The second kappa shape index (κ2) is 4.60. The van der Waals surface area contributed by atoms with Crippen molar-refractivity contribution in [2.45, 2.75) is 70.7 Å². The number of carbonyl (C=O) groups excluding carboxylic acids is 1. The van der Waals surface area contributed by atoms with Gasteiger partial charge in [0, 0.05) is 23.7 Å². The summed E-state index contributed by atoms with van der Waals surface area (Å²) >= 11 is -1.82. The zero-order chi connectivity index (χ0) is 15.6. The van der Waals surface area contributed by atoms with Gasteiger partial charge in [-0.25, -0.2) is 0 Å². The molecular formula is C15H24O5S. The number of Topliss-reactive ketones (excluding diaryl/α,β-unsaturated/α-hetero) is 1. The molecule has 0 amide bonds. The van der Waals surface area contributed by atoms with Crippen LogP contribution >= 0.6 is 0 Å². The fraction of sp³-hybridized carbons (Fsp3) is 0.933. The summed E-state index contributed by atoms with van der Waals surface area (Å²) in [7, 11) is 0. The van der Waals surface area contributed by atoms with Crippen molar-refractivity contribution in [3.63, 3.8) is 0 Å². The Morgan fingerprint density at radius 1 is 1.33 bits per heavy atom. The minimum absolute atomic E-state index is 0.145. The van der Waals surface area contributed by atoms with Gasteiger partial charge < -0.3 is 5.11 Å². The van der Waals surface area contributed by atoms with Gasteiger partial charge in [0.2, 0.25) is 0 Å². The van der Waals surface area contributed by atoms with E-state index in [1.165, 1.54) is 0 Å². The van der Waals surface area contributed by atoms with Gasteiger partial charge in [0.25, 0.3) is 0 Å². The molecule has 1 N–H and O–H groups in total. The van der Waals surface area contributed by atoms with Gasteiger partial charge in [-0.2, -0.15) is 4.21 Å². The van der Waals surface area contributed by atoms with Crippen molar-refractivity contribution in [3.05, 3.63) is 0 Å². The molecule has 2 saturated carbocycles. The fourth-order valence-electron chi connectivity index (χ4n) is 4.74. The molecule has 0 aromatic rings. The topological polar surface area (TPSA) is 72.8 Å². The molecule has 0 radical (unpaired) electrons. The van der Waals surface area contributed by atoms with Gasteiger partial charge in [0.1, 0.15) is 5.78 Å². The van der Waals surface area contributed by atoms with Crippen LogP contribution < -0.4 is 0 Å². The number of rotatable bonds is 1. The van der Waals surface area contributed by atoms with Gasteiger partial charge in [-0.05, 0) is 40.0 Å². The molecule has 1 aliphatic heterocycles. The minimum Gasteiger partial charge on any atom is -0.390 e. The Morgan fingerprint density at radius 2 is 2.00 bits per heavy atom. The van der Waals surface area contributed by atoms with E-state index < -0.39 is 34.1 Å². The Balaban J connectivity index is 2.08. The van der Waals surface area contributed by atoms with E-state index >= 15 is 0 Å². The summed E-state index contributed by atoms with van der Waals surface area (Å²) in [4.78, 5) is 12.5. The van der Waals surface area contributed by atoms with E-state index in [1.807, 2.05) is 13.8 Å². The van der Waals surface area contributed by atoms with E-state index in [0.29, 0.717) is 19.3 Å².